The Kier molecular flexibility index (Phi) is 6.39. The number of nitrogens with one attached hydrogen (secondary N) is 1. The van der Waals surface area contributed by atoms with Gasteiger partial charge >= 0.3 is 6.03 Å². The van der Waals surface area contributed by atoms with Gasteiger partial charge in [-0.1, -0.05) is 58.4 Å². The van der Waals surface area contributed by atoms with Crippen molar-refractivity contribution in [3.8, 4) is 0 Å². The Hall–Kier alpha value is -2.34. The molecule has 3 amide bonds. The number of urea groups is 1. The van der Waals surface area contributed by atoms with Crippen LogP contribution in [0.3, 0.4) is 0 Å². The third-order valence-electron chi connectivity index (χ3n) is 5.55. The molecule has 3 rings (SSSR count). The summed E-state index contributed by atoms with van der Waals surface area (Å²) in [6, 6.07) is 17.8. The first kappa shape index (κ1) is 20.4. The van der Waals surface area contributed by atoms with Crippen LogP contribution in [-0.4, -0.2) is 23.4 Å². The first-order valence-corrected chi connectivity index (χ1v) is 10.4. The summed E-state index contributed by atoms with van der Waals surface area (Å²) in [4.78, 5) is 26.6. The number of carbonyl (C=O) groups excluding carboxylic acids is 2. The molecule has 1 unspecified atom stereocenters. The quantitative estimate of drug-likeness (QED) is 0.690. The normalized spacial score (nSPS) is 20.9. The molecule has 1 aliphatic heterocycles. The Morgan fingerprint density at radius 3 is 2.54 bits per heavy atom. The van der Waals surface area contributed by atoms with Crippen LogP contribution >= 0.6 is 15.9 Å². The van der Waals surface area contributed by atoms with E-state index in [0.29, 0.717) is 13.0 Å². The van der Waals surface area contributed by atoms with E-state index in [4.69, 9.17) is 5.73 Å². The van der Waals surface area contributed by atoms with E-state index in [9.17, 15) is 9.59 Å². The molecule has 1 heterocycles. The van der Waals surface area contributed by atoms with Gasteiger partial charge in [0, 0.05) is 17.4 Å². The van der Waals surface area contributed by atoms with Gasteiger partial charge in [-0.3, -0.25) is 4.79 Å². The Labute approximate surface area is 174 Å². The van der Waals surface area contributed by atoms with Crippen LogP contribution in [0.2, 0.25) is 0 Å². The number of hydrogen-bond acceptors (Lipinski definition) is 2. The summed E-state index contributed by atoms with van der Waals surface area (Å²) in [7, 11) is 0. The summed E-state index contributed by atoms with van der Waals surface area (Å²) in [5, 5.41) is 3.25. The van der Waals surface area contributed by atoms with E-state index in [1.165, 1.54) is 0 Å². The second-order valence-electron chi connectivity index (χ2n) is 7.37. The molecule has 2 aromatic carbocycles. The Morgan fingerprint density at radius 1 is 1.21 bits per heavy atom. The van der Waals surface area contributed by atoms with Crippen LogP contribution in [0.1, 0.15) is 49.8 Å². The SMILES string of the molecule is C[C@@H](c1ccc(Br)cc1)N1CCCC(CCC(N)=O)(c2ccccc2)NC1=O. The molecule has 5 nitrogen and oxygen atoms in total. The van der Waals surface area contributed by atoms with Gasteiger partial charge < -0.3 is 16.0 Å². The maximum absolute atomic E-state index is 13.2. The smallest absolute Gasteiger partial charge is 0.318 e. The molecule has 1 aliphatic rings. The van der Waals surface area contributed by atoms with Crippen molar-refractivity contribution in [3.63, 3.8) is 0 Å². The average molecular weight is 444 g/mol. The molecule has 2 atom stereocenters. The monoisotopic (exact) mass is 443 g/mol. The second-order valence-corrected chi connectivity index (χ2v) is 8.28. The number of carbonyl (C=O) groups is 2. The molecule has 0 radical (unpaired) electrons. The molecule has 1 saturated heterocycles. The van der Waals surface area contributed by atoms with Crippen molar-refractivity contribution in [2.24, 2.45) is 5.73 Å². The van der Waals surface area contributed by atoms with Crippen LogP contribution in [0, 0.1) is 0 Å². The molecule has 0 bridgehead atoms. The third-order valence-corrected chi connectivity index (χ3v) is 6.08. The number of amides is 3. The Bertz CT molecular complexity index is 825. The van der Waals surface area contributed by atoms with Gasteiger partial charge in [-0.2, -0.15) is 0 Å². The number of benzene rings is 2. The molecule has 2 aromatic rings. The molecule has 0 aliphatic carbocycles. The Morgan fingerprint density at radius 2 is 1.89 bits per heavy atom. The van der Waals surface area contributed by atoms with Crippen LogP contribution in [0.4, 0.5) is 4.79 Å². The minimum Gasteiger partial charge on any atom is -0.370 e. The van der Waals surface area contributed by atoms with Crippen LogP contribution in [0.5, 0.6) is 0 Å². The highest BCUT2D eigenvalue weighted by atomic mass is 79.9. The zero-order valence-corrected chi connectivity index (χ0v) is 17.6. The fourth-order valence-electron chi connectivity index (χ4n) is 3.92. The summed E-state index contributed by atoms with van der Waals surface area (Å²) in [5.41, 5.74) is 6.94. The highest BCUT2D eigenvalue weighted by molar-refractivity contribution is 9.10. The number of halogens is 1. The van der Waals surface area contributed by atoms with E-state index in [1.54, 1.807) is 0 Å². The fraction of sp³-hybridized carbons (Fsp3) is 0.364. The largest absolute Gasteiger partial charge is 0.370 e. The maximum atomic E-state index is 13.2. The van der Waals surface area contributed by atoms with E-state index >= 15 is 0 Å². The van der Waals surface area contributed by atoms with Crippen molar-refractivity contribution in [2.75, 3.05) is 6.54 Å². The predicted molar refractivity (Wildman–Crippen MR) is 114 cm³/mol. The van der Waals surface area contributed by atoms with Crippen LogP contribution < -0.4 is 11.1 Å². The molecule has 6 heteroatoms. The molecule has 0 saturated carbocycles. The number of hydrogen-bond donors (Lipinski definition) is 2. The highest BCUT2D eigenvalue weighted by Crippen LogP contribution is 2.35. The lowest BCUT2D eigenvalue weighted by atomic mass is 9.81. The molecule has 1 fully saturated rings. The summed E-state index contributed by atoms with van der Waals surface area (Å²) < 4.78 is 1.01. The summed E-state index contributed by atoms with van der Waals surface area (Å²) in [5.74, 6) is -0.353. The van der Waals surface area contributed by atoms with Crippen molar-refractivity contribution in [2.45, 2.75) is 44.2 Å². The van der Waals surface area contributed by atoms with Gasteiger partial charge in [0.25, 0.3) is 0 Å². The van der Waals surface area contributed by atoms with Gasteiger partial charge in [-0.15, -0.1) is 0 Å². The minimum atomic E-state index is -0.582. The standard InChI is InChI=1S/C22H26BrN3O2/c1-16(17-8-10-19(23)11-9-17)26-15-5-13-22(25-21(26)28,14-12-20(24)27)18-6-3-2-4-7-18/h2-4,6-11,16H,5,12-15H2,1H3,(H2,24,27)(H,25,28)/t16-,22?/m0/s1. The summed E-state index contributed by atoms with van der Waals surface area (Å²) >= 11 is 3.45. The molecule has 3 N–H and O–H groups in total. The molecule has 0 spiro atoms. The zero-order valence-electron chi connectivity index (χ0n) is 16.0. The van der Waals surface area contributed by atoms with Crippen molar-refractivity contribution in [3.05, 3.63) is 70.2 Å². The van der Waals surface area contributed by atoms with Crippen molar-refractivity contribution >= 4 is 27.9 Å². The lowest BCUT2D eigenvalue weighted by Gasteiger charge is -2.35. The van der Waals surface area contributed by atoms with Gasteiger partial charge in [0.15, 0.2) is 0 Å². The molecule has 148 valence electrons. The number of primary amides is 1. The van der Waals surface area contributed by atoms with Crippen molar-refractivity contribution in [1.29, 1.82) is 0 Å². The highest BCUT2D eigenvalue weighted by Gasteiger charge is 2.38. The van der Waals surface area contributed by atoms with Gasteiger partial charge in [0.2, 0.25) is 5.91 Å². The summed E-state index contributed by atoms with van der Waals surface area (Å²) in [6.07, 6.45) is 2.34. The number of nitrogens with zero attached hydrogens (tertiary/aromatic N) is 1. The number of rotatable bonds is 6. The number of nitrogens with two attached hydrogens (primary N) is 1. The fourth-order valence-corrected chi connectivity index (χ4v) is 4.19. The molecular weight excluding hydrogens is 418 g/mol. The lowest BCUT2D eigenvalue weighted by molar-refractivity contribution is -0.118. The molecule has 28 heavy (non-hydrogen) atoms. The zero-order chi connectivity index (χ0) is 20.1. The van der Waals surface area contributed by atoms with Gasteiger partial charge in [0.1, 0.15) is 0 Å². The maximum Gasteiger partial charge on any atom is 0.318 e. The average Bonchev–Trinajstić information content (AvgIpc) is 2.86. The second kappa shape index (κ2) is 8.78. The predicted octanol–water partition coefficient (Wildman–Crippen LogP) is 4.48. The van der Waals surface area contributed by atoms with Crippen LogP contribution in [0.25, 0.3) is 0 Å². The van der Waals surface area contributed by atoms with Gasteiger partial charge in [-0.05, 0) is 49.4 Å². The lowest BCUT2D eigenvalue weighted by Crippen LogP contribution is -2.49. The topological polar surface area (TPSA) is 75.4 Å². The van der Waals surface area contributed by atoms with E-state index in [1.807, 2.05) is 66.4 Å². The first-order valence-electron chi connectivity index (χ1n) is 9.59. The van der Waals surface area contributed by atoms with E-state index in [2.05, 4.69) is 21.2 Å². The van der Waals surface area contributed by atoms with Gasteiger partial charge in [0.05, 0.1) is 11.6 Å². The summed E-state index contributed by atoms with van der Waals surface area (Å²) in [6.45, 7) is 2.70. The molecule has 0 aromatic heterocycles. The van der Waals surface area contributed by atoms with Crippen LogP contribution in [-0.2, 0) is 10.3 Å². The van der Waals surface area contributed by atoms with E-state index in [-0.39, 0.29) is 24.4 Å². The van der Waals surface area contributed by atoms with Crippen molar-refractivity contribution < 1.29 is 9.59 Å². The minimum absolute atomic E-state index is 0.0455. The third kappa shape index (κ3) is 4.55. The van der Waals surface area contributed by atoms with Crippen molar-refractivity contribution in [1.82, 2.24) is 10.2 Å². The van der Waals surface area contributed by atoms with E-state index < -0.39 is 5.54 Å². The van der Waals surface area contributed by atoms with Gasteiger partial charge in [-0.25, -0.2) is 4.79 Å². The van der Waals surface area contributed by atoms with E-state index in [0.717, 1.165) is 28.4 Å². The Balaban J connectivity index is 1.87. The first-order chi connectivity index (χ1) is 13.4. The van der Waals surface area contributed by atoms with Crippen LogP contribution in [0.15, 0.2) is 59.1 Å². The molecular formula is C22H26BrN3O2.